The number of para-hydroxylation sites is 1. The SMILES string of the molecule is CCN(CC)c1ccc(/C=C(/NC(=O)c2ccccc2Cl)C(=O)N/N=C/c2cccc(OC)c2OC)cc1. The molecule has 0 bridgehead atoms. The predicted octanol–water partition coefficient (Wildman–Crippen LogP) is 5.12. The lowest BCUT2D eigenvalue weighted by Crippen LogP contribution is -2.33. The molecule has 38 heavy (non-hydrogen) atoms. The fourth-order valence-electron chi connectivity index (χ4n) is 3.76. The van der Waals surface area contributed by atoms with E-state index in [4.69, 9.17) is 21.1 Å². The normalized spacial score (nSPS) is 11.2. The summed E-state index contributed by atoms with van der Waals surface area (Å²) < 4.78 is 10.7. The zero-order valence-corrected chi connectivity index (χ0v) is 22.6. The Kier molecular flexibility index (Phi) is 10.3. The van der Waals surface area contributed by atoms with Gasteiger partial charge in [-0.1, -0.05) is 41.9 Å². The number of hydrazone groups is 1. The maximum absolute atomic E-state index is 13.1. The van der Waals surface area contributed by atoms with Gasteiger partial charge in [-0.15, -0.1) is 0 Å². The van der Waals surface area contributed by atoms with Crippen molar-refractivity contribution in [3.05, 3.63) is 94.1 Å². The van der Waals surface area contributed by atoms with Crippen LogP contribution in [0.5, 0.6) is 11.5 Å². The second-order valence-corrected chi connectivity index (χ2v) is 8.44. The fourth-order valence-corrected chi connectivity index (χ4v) is 3.99. The summed E-state index contributed by atoms with van der Waals surface area (Å²) in [6, 6.07) is 19.6. The topological polar surface area (TPSA) is 92.3 Å². The minimum atomic E-state index is -0.615. The van der Waals surface area contributed by atoms with Gasteiger partial charge >= 0.3 is 0 Å². The van der Waals surface area contributed by atoms with Crippen LogP contribution >= 0.6 is 11.6 Å². The molecule has 0 radical (unpaired) electrons. The third-order valence-electron chi connectivity index (χ3n) is 5.75. The van der Waals surface area contributed by atoms with Gasteiger partial charge in [0.05, 0.1) is 31.0 Å². The van der Waals surface area contributed by atoms with Crippen molar-refractivity contribution in [3.8, 4) is 11.5 Å². The molecule has 0 atom stereocenters. The lowest BCUT2D eigenvalue weighted by molar-refractivity contribution is -0.117. The van der Waals surface area contributed by atoms with Gasteiger partial charge in [-0.25, -0.2) is 5.43 Å². The summed E-state index contributed by atoms with van der Waals surface area (Å²) in [6.45, 7) is 5.93. The number of methoxy groups -OCH3 is 2. The summed E-state index contributed by atoms with van der Waals surface area (Å²) in [5.41, 5.74) is 5.11. The van der Waals surface area contributed by atoms with Gasteiger partial charge in [-0.05, 0) is 61.9 Å². The number of halogens is 1. The number of rotatable bonds is 11. The van der Waals surface area contributed by atoms with E-state index in [-0.39, 0.29) is 16.3 Å². The lowest BCUT2D eigenvalue weighted by atomic mass is 10.1. The van der Waals surface area contributed by atoms with E-state index in [2.05, 4.69) is 34.6 Å². The van der Waals surface area contributed by atoms with E-state index in [9.17, 15) is 9.59 Å². The Morgan fingerprint density at radius 2 is 1.66 bits per heavy atom. The van der Waals surface area contributed by atoms with Crippen molar-refractivity contribution in [1.82, 2.24) is 10.7 Å². The summed E-state index contributed by atoms with van der Waals surface area (Å²) in [7, 11) is 3.05. The fraction of sp³-hybridized carbons (Fsp3) is 0.207. The van der Waals surface area contributed by atoms with Crippen LogP contribution in [0.15, 0.2) is 77.5 Å². The molecule has 2 N–H and O–H groups in total. The van der Waals surface area contributed by atoms with Crippen LogP contribution in [-0.4, -0.2) is 45.3 Å². The number of carbonyl (C=O) groups is 2. The second-order valence-electron chi connectivity index (χ2n) is 8.04. The molecule has 0 saturated carbocycles. The summed E-state index contributed by atoms with van der Waals surface area (Å²) in [6.07, 6.45) is 3.02. The minimum Gasteiger partial charge on any atom is -0.493 e. The van der Waals surface area contributed by atoms with Crippen LogP contribution in [0.1, 0.15) is 35.3 Å². The molecular weight excluding hydrogens is 504 g/mol. The summed E-state index contributed by atoms with van der Waals surface area (Å²) in [4.78, 5) is 28.3. The number of anilines is 1. The average Bonchev–Trinajstić information content (AvgIpc) is 2.94. The number of ether oxygens (including phenoxy) is 2. The molecule has 0 aromatic heterocycles. The largest absolute Gasteiger partial charge is 0.493 e. The van der Waals surface area contributed by atoms with Gasteiger partial charge < -0.3 is 19.7 Å². The molecule has 0 aliphatic heterocycles. The van der Waals surface area contributed by atoms with Crippen molar-refractivity contribution in [3.63, 3.8) is 0 Å². The van der Waals surface area contributed by atoms with Crippen LogP contribution in [0.4, 0.5) is 5.69 Å². The Labute approximate surface area is 227 Å². The van der Waals surface area contributed by atoms with Crippen LogP contribution in [0.25, 0.3) is 6.08 Å². The lowest BCUT2D eigenvalue weighted by Gasteiger charge is -2.21. The van der Waals surface area contributed by atoms with Crippen LogP contribution in [-0.2, 0) is 4.79 Å². The molecule has 0 saturated heterocycles. The second kappa shape index (κ2) is 13.9. The van der Waals surface area contributed by atoms with Crippen molar-refractivity contribution in [2.45, 2.75) is 13.8 Å². The highest BCUT2D eigenvalue weighted by Gasteiger charge is 2.17. The molecule has 0 spiro atoms. The molecule has 0 heterocycles. The van der Waals surface area contributed by atoms with Gasteiger partial charge in [-0.3, -0.25) is 9.59 Å². The Hall–Kier alpha value is -4.30. The molecule has 0 aliphatic carbocycles. The average molecular weight is 535 g/mol. The third kappa shape index (κ3) is 7.14. The molecular formula is C29H31ClN4O4. The first-order valence-electron chi connectivity index (χ1n) is 12.1. The van der Waals surface area contributed by atoms with Gasteiger partial charge in [0.1, 0.15) is 5.70 Å². The van der Waals surface area contributed by atoms with Crippen LogP contribution in [0.3, 0.4) is 0 Å². The quantitative estimate of drug-likeness (QED) is 0.202. The molecule has 3 rings (SSSR count). The van der Waals surface area contributed by atoms with Crippen molar-refractivity contribution in [2.75, 3.05) is 32.2 Å². The highest BCUT2D eigenvalue weighted by atomic mass is 35.5. The standard InChI is InChI=1S/C29H31ClN4O4/c1-5-34(6-2)22-16-14-20(15-17-22)18-25(32-28(35)23-11-7-8-12-24(23)30)29(36)33-31-19-21-10-9-13-26(37-3)27(21)38-4/h7-19H,5-6H2,1-4H3,(H,32,35)(H,33,36)/b25-18+,31-19+. The van der Waals surface area contributed by atoms with E-state index in [0.29, 0.717) is 17.1 Å². The van der Waals surface area contributed by atoms with Gasteiger partial charge in [0, 0.05) is 24.3 Å². The number of nitrogens with one attached hydrogen (secondary N) is 2. The van der Waals surface area contributed by atoms with Crippen molar-refractivity contribution in [2.24, 2.45) is 5.10 Å². The van der Waals surface area contributed by atoms with E-state index in [1.807, 2.05) is 24.3 Å². The highest BCUT2D eigenvalue weighted by Crippen LogP contribution is 2.29. The molecule has 2 amide bonds. The van der Waals surface area contributed by atoms with Crippen molar-refractivity contribution >= 4 is 41.4 Å². The first-order chi connectivity index (χ1) is 18.4. The van der Waals surface area contributed by atoms with E-state index >= 15 is 0 Å². The molecule has 0 fully saturated rings. The maximum atomic E-state index is 13.1. The van der Waals surface area contributed by atoms with E-state index < -0.39 is 11.8 Å². The third-order valence-corrected chi connectivity index (χ3v) is 6.08. The molecule has 8 nitrogen and oxygen atoms in total. The molecule has 3 aromatic rings. The zero-order chi connectivity index (χ0) is 27.5. The Morgan fingerprint density at radius 1 is 0.947 bits per heavy atom. The monoisotopic (exact) mass is 534 g/mol. The van der Waals surface area contributed by atoms with Gasteiger partial charge in [0.25, 0.3) is 11.8 Å². The first kappa shape index (κ1) is 28.3. The summed E-state index contributed by atoms with van der Waals surface area (Å²) >= 11 is 6.19. The first-order valence-corrected chi connectivity index (χ1v) is 12.5. The van der Waals surface area contributed by atoms with Gasteiger partial charge in [0.15, 0.2) is 11.5 Å². The number of hydrogen-bond acceptors (Lipinski definition) is 6. The smallest absolute Gasteiger partial charge is 0.287 e. The van der Waals surface area contributed by atoms with Crippen molar-refractivity contribution in [1.29, 1.82) is 0 Å². The molecule has 198 valence electrons. The molecule has 9 heteroatoms. The number of amides is 2. The van der Waals surface area contributed by atoms with Crippen LogP contribution in [0.2, 0.25) is 5.02 Å². The Balaban J connectivity index is 1.88. The summed E-state index contributed by atoms with van der Waals surface area (Å²) in [5.74, 6) is -0.126. The van der Waals surface area contributed by atoms with Gasteiger partial charge in [0.2, 0.25) is 0 Å². The van der Waals surface area contributed by atoms with Crippen LogP contribution < -0.4 is 25.1 Å². The van der Waals surface area contributed by atoms with Crippen LogP contribution in [0, 0.1) is 0 Å². The van der Waals surface area contributed by atoms with E-state index in [1.54, 1.807) is 48.5 Å². The summed E-state index contributed by atoms with van der Waals surface area (Å²) in [5, 5.41) is 7.00. The number of benzene rings is 3. The Bertz CT molecular complexity index is 1320. The molecule has 3 aromatic carbocycles. The predicted molar refractivity (Wildman–Crippen MR) is 152 cm³/mol. The Morgan fingerprint density at radius 3 is 2.29 bits per heavy atom. The number of carbonyl (C=O) groups excluding carboxylic acids is 2. The minimum absolute atomic E-state index is 0.000246. The molecule has 0 unspecified atom stereocenters. The number of nitrogens with zero attached hydrogens (tertiary/aromatic N) is 2. The zero-order valence-electron chi connectivity index (χ0n) is 21.8. The van der Waals surface area contributed by atoms with E-state index in [0.717, 1.165) is 24.3 Å². The van der Waals surface area contributed by atoms with Gasteiger partial charge in [-0.2, -0.15) is 5.10 Å². The maximum Gasteiger partial charge on any atom is 0.287 e. The van der Waals surface area contributed by atoms with E-state index in [1.165, 1.54) is 20.4 Å². The highest BCUT2D eigenvalue weighted by molar-refractivity contribution is 6.34. The van der Waals surface area contributed by atoms with Crippen molar-refractivity contribution < 1.29 is 19.1 Å². The number of hydrogen-bond donors (Lipinski definition) is 2. The molecule has 0 aliphatic rings.